The van der Waals surface area contributed by atoms with Gasteiger partial charge >= 0.3 is 6.03 Å². The summed E-state index contributed by atoms with van der Waals surface area (Å²) < 4.78 is 32.9. The summed E-state index contributed by atoms with van der Waals surface area (Å²) in [5.74, 6) is 0.622. The van der Waals surface area contributed by atoms with Crippen LogP contribution in [-0.4, -0.2) is 100 Å². The minimum atomic E-state index is -3.60. The molecule has 0 aliphatic carbocycles. The molecule has 1 atom stereocenters. The van der Waals surface area contributed by atoms with Gasteiger partial charge in [0.1, 0.15) is 22.7 Å². The van der Waals surface area contributed by atoms with E-state index in [0.717, 1.165) is 44.7 Å². The molecule has 1 saturated heterocycles. The zero-order valence-corrected chi connectivity index (χ0v) is 23.2. The number of carbonyl (C=O) groups excluding carboxylic acids is 1. The quantitative estimate of drug-likeness (QED) is 0.470. The van der Waals surface area contributed by atoms with Crippen LogP contribution in [0.5, 0.6) is 5.75 Å². The lowest BCUT2D eigenvalue weighted by Gasteiger charge is -2.36. The number of piperazine rings is 1. The number of carbonyl (C=O) groups is 1. The van der Waals surface area contributed by atoms with Gasteiger partial charge in [-0.2, -0.15) is 0 Å². The lowest BCUT2D eigenvalue weighted by Crippen LogP contribution is -2.50. The van der Waals surface area contributed by atoms with Crippen LogP contribution in [0.2, 0.25) is 10.3 Å². The first kappa shape index (κ1) is 27.9. The number of nitrogens with one attached hydrogen (secondary N) is 2. The zero-order chi connectivity index (χ0) is 26.6. The van der Waals surface area contributed by atoms with Crippen LogP contribution in [0.3, 0.4) is 0 Å². The molecule has 0 radical (unpaired) electrons. The molecule has 0 saturated carbocycles. The number of benzene rings is 1. The van der Waals surface area contributed by atoms with Gasteiger partial charge < -0.3 is 24.8 Å². The van der Waals surface area contributed by atoms with Gasteiger partial charge in [0.25, 0.3) is 0 Å². The third-order valence-corrected chi connectivity index (χ3v) is 8.48. The predicted molar refractivity (Wildman–Crippen MR) is 144 cm³/mol. The van der Waals surface area contributed by atoms with Crippen molar-refractivity contribution in [3.05, 3.63) is 46.2 Å². The average Bonchev–Trinajstić information content (AvgIpc) is 2.86. The van der Waals surface area contributed by atoms with Crippen molar-refractivity contribution in [3.63, 3.8) is 0 Å². The lowest BCUT2D eigenvalue weighted by atomic mass is 10.0. The van der Waals surface area contributed by atoms with Crippen molar-refractivity contribution >= 4 is 44.9 Å². The topological polar surface area (TPSA) is 107 Å². The zero-order valence-electron chi connectivity index (χ0n) is 20.9. The number of sulfonamides is 1. The van der Waals surface area contributed by atoms with Crippen LogP contribution in [0, 0.1) is 0 Å². The first-order valence-corrected chi connectivity index (χ1v) is 14.4. The summed E-state index contributed by atoms with van der Waals surface area (Å²) in [7, 11) is -0.110. The number of likely N-dealkylation sites (N-methyl/N-ethyl adjacent to an activating group) is 1. The monoisotopic (exact) mass is 570 g/mol. The Labute approximate surface area is 227 Å². The van der Waals surface area contributed by atoms with E-state index in [1.54, 1.807) is 17.0 Å². The molecule has 1 aromatic heterocycles. The first-order chi connectivity index (χ1) is 17.6. The summed E-state index contributed by atoms with van der Waals surface area (Å²) in [6.45, 7) is 5.73. The van der Waals surface area contributed by atoms with Gasteiger partial charge in [0.2, 0.25) is 10.0 Å². The molecular weight excluding hydrogens is 539 g/mol. The molecule has 13 heteroatoms. The molecule has 2 aliphatic heterocycles. The molecule has 1 aromatic carbocycles. The molecule has 1 fully saturated rings. The van der Waals surface area contributed by atoms with Gasteiger partial charge in [0.05, 0.1) is 10.9 Å². The Hall–Kier alpha value is -2.15. The fraction of sp³-hybridized carbons (Fsp3) is 0.500. The summed E-state index contributed by atoms with van der Waals surface area (Å²) >= 11 is 12.0. The Morgan fingerprint density at radius 3 is 2.54 bits per heavy atom. The maximum atomic E-state index is 13.5. The van der Waals surface area contributed by atoms with Gasteiger partial charge in [-0.15, -0.1) is 0 Å². The molecule has 0 bridgehead atoms. The van der Waals surface area contributed by atoms with Crippen LogP contribution in [0.4, 0.5) is 10.5 Å². The normalized spacial score (nSPS) is 18.6. The number of ether oxygens (including phenoxy) is 1. The standard InChI is InChI=1S/C24H32Cl2N6O4S/c1-27-37(34,35)20-4-5-21-17(13-20)12-19(16-36-21)32(7-3-6-31-10-8-30(2)9-11-31)24(33)28-18-14-22(25)29-23(26)15-18/h4-5,13-15,19,27H,3,6-12,16H2,1-2H3,(H,28,29,33). The van der Waals surface area contributed by atoms with Crippen LogP contribution in [-0.2, 0) is 16.4 Å². The number of halogens is 2. The van der Waals surface area contributed by atoms with E-state index in [1.165, 1.54) is 25.2 Å². The molecule has 2 aromatic rings. The molecule has 2 amide bonds. The Balaban J connectivity index is 1.51. The van der Waals surface area contributed by atoms with Gasteiger partial charge in [0.15, 0.2) is 0 Å². The predicted octanol–water partition coefficient (Wildman–Crippen LogP) is 2.77. The molecule has 2 N–H and O–H groups in total. The van der Waals surface area contributed by atoms with E-state index in [2.05, 4.69) is 31.9 Å². The van der Waals surface area contributed by atoms with Gasteiger partial charge in [-0.1, -0.05) is 23.2 Å². The van der Waals surface area contributed by atoms with Crippen molar-refractivity contribution in [2.24, 2.45) is 0 Å². The number of amides is 2. The van der Waals surface area contributed by atoms with Gasteiger partial charge in [-0.05, 0) is 69.4 Å². The highest BCUT2D eigenvalue weighted by Crippen LogP contribution is 2.30. The molecule has 37 heavy (non-hydrogen) atoms. The number of fused-ring (bicyclic) bond motifs is 1. The minimum absolute atomic E-state index is 0.158. The van der Waals surface area contributed by atoms with E-state index in [0.29, 0.717) is 31.0 Å². The summed E-state index contributed by atoms with van der Waals surface area (Å²) in [4.78, 5) is 24.0. The van der Waals surface area contributed by atoms with Crippen molar-refractivity contribution < 1.29 is 17.9 Å². The summed E-state index contributed by atoms with van der Waals surface area (Å²) in [6.07, 6.45) is 1.24. The fourth-order valence-electron chi connectivity index (χ4n) is 4.56. The van der Waals surface area contributed by atoms with E-state index >= 15 is 0 Å². The van der Waals surface area contributed by atoms with E-state index in [-0.39, 0.29) is 27.3 Å². The highest BCUT2D eigenvalue weighted by atomic mass is 35.5. The minimum Gasteiger partial charge on any atom is -0.491 e. The second-order valence-electron chi connectivity index (χ2n) is 9.27. The summed E-state index contributed by atoms with van der Waals surface area (Å²) in [5.41, 5.74) is 1.18. The van der Waals surface area contributed by atoms with E-state index in [9.17, 15) is 13.2 Å². The van der Waals surface area contributed by atoms with Gasteiger partial charge in [-0.3, -0.25) is 0 Å². The Morgan fingerprint density at radius 2 is 1.86 bits per heavy atom. The number of aromatic nitrogens is 1. The van der Waals surface area contributed by atoms with E-state index in [4.69, 9.17) is 27.9 Å². The van der Waals surface area contributed by atoms with Crippen LogP contribution in [0.1, 0.15) is 12.0 Å². The number of pyridine rings is 1. The van der Waals surface area contributed by atoms with Crippen LogP contribution < -0.4 is 14.8 Å². The molecule has 10 nitrogen and oxygen atoms in total. The highest BCUT2D eigenvalue weighted by molar-refractivity contribution is 7.89. The summed E-state index contributed by atoms with van der Waals surface area (Å²) in [5, 5.41) is 3.24. The van der Waals surface area contributed by atoms with Crippen molar-refractivity contribution in [1.82, 2.24) is 24.4 Å². The van der Waals surface area contributed by atoms with Crippen LogP contribution in [0.25, 0.3) is 0 Å². The number of urea groups is 1. The third-order valence-electron chi connectivity index (χ3n) is 6.68. The van der Waals surface area contributed by atoms with Crippen molar-refractivity contribution in [2.45, 2.75) is 23.8 Å². The molecular formula is C24H32Cl2N6O4S. The molecule has 0 spiro atoms. The molecule has 1 unspecified atom stereocenters. The third kappa shape index (κ3) is 7.24. The molecule has 3 heterocycles. The number of anilines is 1. The van der Waals surface area contributed by atoms with Gasteiger partial charge in [0, 0.05) is 38.4 Å². The SMILES string of the molecule is CNS(=O)(=O)c1ccc2c(c1)CC(N(CCCN1CCN(C)CC1)C(=O)Nc1cc(Cl)nc(Cl)c1)CO2. The Kier molecular flexibility index (Phi) is 9.15. The van der Waals surface area contributed by atoms with Gasteiger partial charge in [-0.25, -0.2) is 22.9 Å². The largest absolute Gasteiger partial charge is 0.491 e. The van der Waals surface area contributed by atoms with Crippen LogP contribution >= 0.6 is 23.2 Å². The fourth-order valence-corrected chi connectivity index (χ4v) is 5.80. The Bertz CT molecular complexity index is 1200. The molecule has 4 rings (SSSR count). The van der Waals surface area contributed by atoms with Crippen molar-refractivity contribution in [2.75, 3.05) is 65.3 Å². The maximum Gasteiger partial charge on any atom is 0.322 e. The van der Waals surface area contributed by atoms with Crippen LogP contribution in [0.15, 0.2) is 35.2 Å². The van der Waals surface area contributed by atoms with Crippen molar-refractivity contribution in [1.29, 1.82) is 0 Å². The highest BCUT2D eigenvalue weighted by Gasteiger charge is 2.30. The smallest absolute Gasteiger partial charge is 0.322 e. The van der Waals surface area contributed by atoms with E-state index in [1.807, 2.05) is 0 Å². The number of hydrogen-bond acceptors (Lipinski definition) is 7. The maximum absolute atomic E-state index is 13.5. The molecule has 2 aliphatic rings. The second kappa shape index (κ2) is 12.1. The molecule has 202 valence electrons. The summed E-state index contributed by atoms with van der Waals surface area (Å²) in [6, 6.07) is 7.26. The number of rotatable bonds is 8. The number of hydrogen-bond donors (Lipinski definition) is 2. The van der Waals surface area contributed by atoms with Crippen molar-refractivity contribution in [3.8, 4) is 5.75 Å². The second-order valence-corrected chi connectivity index (χ2v) is 11.9. The Morgan fingerprint density at radius 1 is 1.16 bits per heavy atom. The number of nitrogens with zero attached hydrogens (tertiary/aromatic N) is 4. The first-order valence-electron chi connectivity index (χ1n) is 12.2. The lowest BCUT2D eigenvalue weighted by molar-refractivity contribution is 0.123. The average molecular weight is 572 g/mol. The van der Waals surface area contributed by atoms with E-state index < -0.39 is 10.0 Å².